The molecular weight excluding hydrogens is 323 g/mol. The van der Waals surface area contributed by atoms with Crippen molar-refractivity contribution in [3.05, 3.63) is 51.2 Å². The average molecular weight is 337 g/mol. The van der Waals surface area contributed by atoms with E-state index in [-0.39, 0.29) is 16.3 Å². The van der Waals surface area contributed by atoms with Crippen LogP contribution < -0.4 is 11.3 Å². The number of anilines is 1. The van der Waals surface area contributed by atoms with Crippen LogP contribution >= 0.6 is 11.6 Å². The van der Waals surface area contributed by atoms with E-state index >= 15 is 0 Å². The van der Waals surface area contributed by atoms with Gasteiger partial charge in [0.15, 0.2) is 5.82 Å². The first-order valence-electron chi connectivity index (χ1n) is 7.01. The summed E-state index contributed by atoms with van der Waals surface area (Å²) in [6.45, 7) is 0. The van der Waals surface area contributed by atoms with Crippen molar-refractivity contribution >= 4 is 23.3 Å². The number of benzene rings is 1. The van der Waals surface area contributed by atoms with E-state index in [1.54, 1.807) is 6.07 Å². The van der Waals surface area contributed by atoms with E-state index in [0.717, 1.165) is 0 Å². The average Bonchev–Trinajstić information content (AvgIpc) is 2.95. The van der Waals surface area contributed by atoms with E-state index in [9.17, 15) is 14.0 Å². The second-order valence-corrected chi connectivity index (χ2v) is 5.75. The monoisotopic (exact) mass is 336 g/mol. The fourth-order valence-electron chi connectivity index (χ4n) is 2.96. The van der Waals surface area contributed by atoms with Gasteiger partial charge in [-0.1, -0.05) is 11.6 Å². The molecule has 1 atom stereocenters. The Morgan fingerprint density at radius 1 is 1.43 bits per heavy atom. The number of aryl methyl sites for hydroxylation is 1. The normalized spacial score (nSPS) is 16.2. The molecule has 2 aromatic rings. The molecule has 0 fully saturated rings. The molecule has 2 heterocycles. The fraction of sp³-hybridized carbons (Fsp3) is 0.250. The number of hydrogen-bond donors (Lipinski definition) is 1. The highest BCUT2D eigenvalue weighted by Gasteiger charge is 2.30. The van der Waals surface area contributed by atoms with E-state index < -0.39 is 23.4 Å². The number of nitrogens with zero attached hydrogens (tertiary/aromatic N) is 1. The number of nitrogens with two attached hydrogens (primary N) is 1. The van der Waals surface area contributed by atoms with E-state index in [1.165, 1.54) is 29.9 Å². The molecule has 7 heteroatoms. The van der Waals surface area contributed by atoms with Gasteiger partial charge in [0.25, 0.3) is 5.56 Å². The highest BCUT2D eigenvalue weighted by molar-refractivity contribution is 6.31. The molecule has 1 aliphatic rings. The molecular formula is C16H14ClFN2O3. The highest BCUT2D eigenvalue weighted by atomic mass is 35.5. The molecule has 1 aromatic heterocycles. The van der Waals surface area contributed by atoms with Crippen LogP contribution in [0.3, 0.4) is 0 Å². The SMILES string of the molecule is COC(=O)[C@@H]1CCc2cc(-c3c(N)ccc(Cl)c3F)cc(=O)n21. The summed E-state index contributed by atoms with van der Waals surface area (Å²) in [5, 5.41) is -0.0674. The van der Waals surface area contributed by atoms with Crippen molar-refractivity contribution in [1.82, 2.24) is 4.57 Å². The molecule has 0 saturated carbocycles. The van der Waals surface area contributed by atoms with Gasteiger partial charge in [-0.05, 0) is 36.6 Å². The zero-order valence-corrected chi connectivity index (χ0v) is 13.1. The zero-order valence-electron chi connectivity index (χ0n) is 12.3. The summed E-state index contributed by atoms with van der Waals surface area (Å²) in [6.07, 6.45) is 0.990. The predicted octanol–water partition coefficient (Wildman–Crippen LogP) is 2.55. The van der Waals surface area contributed by atoms with Gasteiger partial charge in [0.05, 0.1) is 12.1 Å². The molecule has 0 spiro atoms. The van der Waals surface area contributed by atoms with Crippen LogP contribution in [0.4, 0.5) is 10.1 Å². The van der Waals surface area contributed by atoms with Gasteiger partial charge >= 0.3 is 5.97 Å². The summed E-state index contributed by atoms with van der Waals surface area (Å²) in [5.41, 5.74) is 6.72. The number of carbonyl (C=O) groups is 1. The molecule has 0 amide bonds. The molecule has 0 aliphatic carbocycles. The van der Waals surface area contributed by atoms with Gasteiger partial charge in [-0.3, -0.25) is 9.36 Å². The van der Waals surface area contributed by atoms with Gasteiger partial charge in [0.2, 0.25) is 0 Å². The Hall–Kier alpha value is -2.34. The van der Waals surface area contributed by atoms with Crippen LogP contribution in [0.25, 0.3) is 11.1 Å². The minimum absolute atomic E-state index is 0.0674. The Labute approximate surface area is 136 Å². The van der Waals surface area contributed by atoms with Crippen molar-refractivity contribution in [2.45, 2.75) is 18.9 Å². The molecule has 1 aliphatic heterocycles. The number of pyridine rings is 1. The van der Waals surface area contributed by atoms with E-state index in [2.05, 4.69) is 0 Å². The molecule has 0 saturated heterocycles. The summed E-state index contributed by atoms with van der Waals surface area (Å²) in [6, 6.07) is 5.13. The van der Waals surface area contributed by atoms with Crippen LogP contribution in [0.1, 0.15) is 18.2 Å². The number of esters is 1. The molecule has 1 aromatic carbocycles. The smallest absolute Gasteiger partial charge is 0.328 e. The molecule has 0 bridgehead atoms. The number of halogens is 2. The Bertz CT molecular complexity index is 863. The number of rotatable bonds is 2. The third-order valence-electron chi connectivity index (χ3n) is 4.02. The van der Waals surface area contributed by atoms with Crippen molar-refractivity contribution in [2.24, 2.45) is 0 Å². The summed E-state index contributed by atoms with van der Waals surface area (Å²) in [4.78, 5) is 24.2. The minimum atomic E-state index is -0.668. The number of methoxy groups -OCH3 is 1. The highest BCUT2D eigenvalue weighted by Crippen LogP contribution is 2.34. The van der Waals surface area contributed by atoms with Crippen molar-refractivity contribution < 1.29 is 13.9 Å². The summed E-state index contributed by atoms with van der Waals surface area (Å²) < 4.78 is 20.4. The number of carbonyl (C=O) groups excluding carboxylic acids is 1. The molecule has 5 nitrogen and oxygen atoms in total. The maximum Gasteiger partial charge on any atom is 0.328 e. The number of aromatic nitrogens is 1. The lowest BCUT2D eigenvalue weighted by atomic mass is 10.0. The Balaban J connectivity index is 2.17. The Morgan fingerprint density at radius 3 is 2.87 bits per heavy atom. The number of fused-ring (bicyclic) bond motifs is 1. The standard InChI is InChI=1S/C16H14ClFN2O3/c1-23-16(22)12-5-2-9-6-8(7-13(21)20(9)12)14-11(19)4-3-10(17)15(14)18/h3-4,6-7,12H,2,5,19H2,1H3/t12-/m0/s1. The molecule has 3 rings (SSSR count). The third kappa shape index (κ3) is 2.49. The van der Waals surface area contributed by atoms with E-state index in [0.29, 0.717) is 24.1 Å². The Kier molecular flexibility index (Phi) is 3.85. The second-order valence-electron chi connectivity index (χ2n) is 5.35. The maximum atomic E-state index is 14.3. The van der Waals surface area contributed by atoms with E-state index in [4.69, 9.17) is 22.1 Å². The summed E-state index contributed by atoms with van der Waals surface area (Å²) >= 11 is 5.80. The number of hydrogen-bond acceptors (Lipinski definition) is 4. The first-order valence-corrected chi connectivity index (χ1v) is 7.39. The molecule has 0 radical (unpaired) electrons. The van der Waals surface area contributed by atoms with Gasteiger partial charge in [-0.15, -0.1) is 0 Å². The third-order valence-corrected chi connectivity index (χ3v) is 4.31. The van der Waals surface area contributed by atoms with Crippen molar-refractivity contribution in [1.29, 1.82) is 0 Å². The molecule has 2 N–H and O–H groups in total. The minimum Gasteiger partial charge on any atom is -0.467 e. The lowest BCUT2D eigenvalue weighted by Gasteiger charge is -2.14. The first-order chi connectivity index (χ1) is 10.9. The summed E-state index contributed by atoms with van der Waals surface area (Å²) in [5.74, 6) is -1.13. The van der Waals surface area contributed by atoms with Gasteiger partial charge in [0.1, 0.15) is 6.04 Å². The molecule has 0 unspecified atom stereocenters. The van der Waals surface area contributed by atoms with Crippen LogP contribution in [-0.2, 0) is 16.0 Å². The number of nitrogen functional groups attached to an aromatic ring is 1. The quantitative estimate of drug-likeness (QED) is 0.675. The number of ether oxygens (including phenoxy) is 1. The van der Waals surface area contributed by atoms with Crippen LogP contribution in [0.15, 0.2) is 29.1 Å². The fourth-order valence-corrected chi connectivity index (χ4v) is 3.11. The Morgan fingerprint density at radius 2 is 2.17 bits per heavy atom. The zero-order chi connectivity index (χ0) is 16.7. The predicted molar refractivity (Wildman–Crippen MR) is 84.9 cm³/mol. The van der Waals surface area contributed by atoms with E-state index in [1.807, 2.05) is 0 Å². The van der Waals surface area contributed by atoms with Crippen molar-refractivity contribution in [2.75, 3.05) is 12.8 Å². The molecule has 120 valence electrons. The van der Waals surface area contributed by atoms with Gasteiger partial charge < -0.3 is 10.5 Å². The van der Waals surface area contributed by atoms with Crippen LogP contribution in [0.5, 0.6) is 0 Å². The maximum absolute atomic E-state index is 14.3. The summed E-state index contributed by atoms with van der Waals surface area (Å²) in [7, 11) is 1.28. The van der Waals surface area contributed by atoms with Gasteiger partial charge in [-0.2, -0.15) is 0 Å². The van der Waals surface area contributed by atoms with Crippen LogP contribution in [-0.4, -0.2) is 17.6 Å². The topological polar surface area (TPSA) is 74.3 Å². The first kappa shape index (κ1) is 15.6. The second kappa shape index (κ2) is 5.70. The van der Waals surface area contributed by atoms with Crippen molar-refractivity contribution in [3.63, 3.8) is 0 Å². The molecule has 23 heavy (non-hydrogen) atoms. The van der Waals surface area contributed by atoms with Crippen molar-refractivity contribution in [3.8, 4) is 11.1 Å². The lowest BCUT2D eigenvalue weighted by Crippen LogP contribution is -2.28. The largest absolute Gasteiger partial charge is 0.467 e. The van der Waals surface area contributed by atoms with Crippen LogP contribution in [0, 0.1) is 5.82 Å². The lowest BCUT2D eigenvalue weighted by molar-refractivity contribution is -0.144. The van der Waals surface area contributed by atoms with Crippen LogP contribution in [0.2, 0.25) is 5.02 Å². The van der Waals surface area contributed by atoms with Gasteiger partial charge in [0, 0.05) is 23.0 Å². The van der Waals surface area contributed by atoms with Gasteiger partial charge in [-0.25, -0.2) is 9.18 Å².